The lowest BCUT2D eigenvalue weighted by Crippen LogP contribution is -2.24. The first-order valence-electron chi connectivity index (χ1n) is 4.00. The molecule has 0 nitrogen and oxygen atoms in total. The van der Waals surface area contributed by atoms with Gasteiger partial charge in [-0.15, -0.1) is 23.2 Å². The highest BCUT2D eigenvalue weighted by atomic mass is 79.9. The van der Waals surface area contributed by atoms with E-state index in [2.05, 4.69) is 31.9 Å². The van der Waals surface area contributed by atoms with Crippen LogP contribution in [0.15, 0.2) is 33.8 Å². The highest BCUT2D eigenvalue weighted by Gasteiger charge is 2.25. The van der Waals surface area contributed by atoms with Crippen molar-refractivity contribution in [2.45, 2.75) is 24.1 Å². The van der Waals surface area contributed by atoms with Crippen molar-refractivity contribution < 1.29 is 0 Å². The van der Waals surface area contributed by atoms with Gasteiger partial charge in [0.25, 0.3) is 0 Å². The second-order valence-corrected chi connectivity index (χ2v) is 5.33. The summed E-state index contributed by atoms with van der Waals surface area (Å²) in [6, 6.07) is 0. The van der Waals surface area contributed by atoms with Gasteiger partial charge in [0.2, 0.25) is 0 Å². The predicted octanol–water partition coefficient (Wildman–Crippen LogP) is 5.35. The Labute approximate surface area is 112 Å². The largest absolute Gasteiger partial charge is 0.116 e. The third kappa shape index (κ3) is 5.59. The van der Waals surface area contributed by atoms with Crippen LogP contribution in [0.5, 0.6) is 0 Å². The molecular formula is C10H12Br2Cl2. The van der Waals surface area contributed by atoms with Gasteiger partial charge in [-0.2, -0.15) is 0 Å². The Hall–Kier alpha value is 0.760. The van der Waals surface area contributed by atoms with Crippen LogP contribution in [0.25, 0.3) is 0 Å². The number of rotatable bonds is 4. The van der Waals surface area contributed by atoms with E-state index in [1.165, 1.54) is 0 Å². The molecule has 0 aromatic carbocycles. The monoisotopic (exact) mass is 360 g/mol. The van der Waals surface area contributed by atoms with Gasteiger partial charge in [-0.25, -0.2) is 0 Å². The third-order valence-electron chi connectivity index (χ3n) is 1.63. The lowest BCUT2D eigenvalue weighted by atomic mass is 10.1. The van der Waals surface area contributed by atoms with Crippen molar-refractivity contribution in [3.05, 3.63) is 33.8 Å². The van der Waals surface area contributed by atoms with Crippen molar-refractivity contribution in [3.8, 4) is 0 Å². The zero-order valence-electron chi connectivity index (χ0n) is 7.98. The Bertz CT molecular complexity index is 255. The first kappa shape index (κ1) is 14.8. The van der Waals surface area contributed by atoms with Crippen molar-refractivity contribution in [2.24, 2.45) is 0 Å². The van der Waals surface area contributed by atoms with Gasteiger partial charge in [-0.05, 0) is 29.4 Å². The van der Waals surface area contributed by atoms with Gasteiger partial charge in [0.1, 0.15) is 0 Å². The molecule has 0 aromatic heterocycles. The third-order valence-corrected chi connectivity index (χ3v) is 3.69. The van der Waals surface area contributed by atoms with E-state index in [-0.39, 0.29) is 5.38 Å². The summed E-state index contributed by atoms with van der Waals surface area (Å²) >= 11 is 18.7. The van der Waals surface area contributed by atoms with Crippen LogP contribution in [0.2, 0.25) is 0 Å². The van der Waals surface area contributed by atoms with E-state index in [9.17, 15) is 0 Å². The molecule has 0 aliphatic carbocycles. The lowest BCUT2D eigenvalue weighted by Gasteiger charge is -2.20. The molecular weight excluding hydrogens is 351 g/mol. The van der Waals surface area contributed by atoms with Crippen molar-refractivity contribution in [1.82, 2.24) is 0 Å². The maximum atomic E-state index is 6.18. The minimum Gasteiger partial charge on any atom is -0.116 e. The minimum absolute atomic E-state index is 0.250. The van der Waals surface area contributed by atoms with E-state index in [1.54, 1.807) is 4.99 Å². The smallest absolute Gasteiger partial charge is 0.0804 e. The van der Waals surface area contributed by atoms with E-state index in [4.69, 9.17) is 23.2 Å². The fourth-order valence-corrected chi connectivity index (χ4v) is 1.81. The molecule has 0 aliphatic rings. The standard InChI is InChI=1S/C10H12Br2Cl2/c1-8(7-12)3-4-9(13)10(2,14)5-6-11/h3-7,9H,1-2H3/b4-3+,6-5+,8-7+/t9-,10+/m0/s1. The first-order chi connectivity index (χ1) is 6.44. The molecule has 0 spiro atoms. The molecule has 0 fully saturated rings. The minimum atomic E-state index is -0.575. The van der Waals surface area contributed by atoms with Crippen molar-refractivity contribution in [1.29, 1.82) is 0 Å². The predicted molar refractivity (Wildman–Crippen MR) is 73.8 cm³/mol. The van der Waals surface area contributed by atoms with Crippen LogP contribution >= 0.6 is 55.1 Å². The second-order valence-electron chi connectivity index (χ2n) is 3.06. The molecule has 0 saturated carbocycles. The van der Waals surface area contributed by atoms with Crippen LogP contribution < -0.4 is 0 Å². The first-order valence-corrected chi connectivity index (χ1v) is 6.64. The summed E-state index contributed by atoms with van der Waals surface area (Å²) in [6.45, 7) is 3.84. The molecule has 0 rings (SSSR count). The van der Waals surface area contributed by atoms with Crippen molar-refractivity contribution in [3.63, 3.8) is 0 Å². The van der Waals surface area contributed by atoms with Crippen LogP contribution in [0, 0.1) is 0 Å². The summed E-state index contributed by atoms with van der Waals surface area (Å²) in [7, 11) is 0. The van der Waals surface area contributed by atoms with E-state index in [1.807, 2.05) is 37.1 Å². The fraction of sp³-hybridized carbons (Fsp3) is 0.400. The molecule has 0 saturated heterocycles. The summed E-state index contributed by atoms with van der Waals surface area (Å²) in [5.74, 6) is 0. The molecule has 4 heteroatoms. The molecule has 0 unspecified atom stereocenters. The zero-order chi connectivity index (χ0) is 11.2. The SMILES string of the molecule is CC(/C=C/[C@H](Cl)[C@](C)(Cl)/C=C/Br)=C\Br. The Balaban J connectivity index is 4.48. The Morgan fingerprint density at radius 3 is 2.43 bits per heavy atom. The summed E-state index contributed by atoms with van der Waals surface area (Å²) in [5, 5.41) is -0.250. The molecule has 0 aromatic rings. The van der Waals surface area contributed by atoms with Gasteiger partial charge in [0.15, 0.2) is 0 Å². The van der Waals surface area contributed by atoms with Crippen LogP contribution in [-0.4, -0.2) is 10.3 Å². The topological polar surface area (TPSA) is 0 Å². The van der Waals surface area contributed by atoms with Crippen LogP contribution in [0.3, 0.4) is 0 Å². The number of halogens is 4. The molecule has 14 heavy (non-hydrogen) atoms. The Morgan fingerprint density at radius 2 is 2.00 bits per heavy atom. The summed E-state index contributed by atoms with van der Waals surface area (Å²) in [6.07, 6.45) is 5.60. The second kappa shape index (κ2) is 7.10. The average molecular weight is 363 g/mol. The van der Waals surface area contributed by atoms with E-state index >= 15 is 0 Å². The maximum absolute atomic E-state index is 6.18. The number of allylic oxidation sites excluding steroid dienone is 4. The molecule has 2 atom stereocenters. The van der Waals surface area contributed by atoms with Gasteiger partial charge in [-0.3, -0.25) is 0 Å². The molecule has 0 aliphatic heterocycles. The molecule has 0 amide bonds. The molecule has 80 valence electrons. The quantitative estimate of drug-likeness (QED) is 0.467. The van der Waals surface area contributed by atoms with E-state index in [0.29, 0.717) is 0 Å². The van der Waals surface area contributed by atoms with Crippen LogP contribution in [0.4, 0.5) is 0 Å². The van der Waals surface area contributed by atoms with Gasteiger partial charge in [-0.1, -0.05) is 50.1 Å². The number of hydrogen-bond donors (Lipinski definition) is 0. The maximum Gasteiger partial charge on any atom is 0.0804 e. The van der Waals surface area contributed by atoms with Crippen LogP contribution in [-0.2, 0) is 0 Å². The zero-order valence-corrected chi connectivity index (χ0v) is 12.7. The van der Waals surface area contributed by atoms with Gasteiger partial charge >= 0.3 is 0 Å². The normalized spacial score (nSPS) is 20.3. The highest BCUT2D eigenvalue weighted by molar-refractivity contribution is 9.11. The van der Waals surface area contributed by atoms with Crippen molar-refractivity contribution >= 4 is 55.1 Å². The lowest BCUT2D eigenvalue weighted by molar-refractivity contribution is 0.800. The van der Waals surface area contributed by atoms with Gasteiger partial charge in [0, 0.05) is 0 Å². The average Bonchev–Trinajstić information content (AvgIpc) is 2.13. The summed E-state index contributed by atoms with van der Waals surface area (Å²) in [4.78, 5) is 2.98. The summed E-state index contributed by atoms with van der Waals surface area (Å²) in [5.41, 5.74) is 1.09. The highest BCUT2D eigenvalue weighted by Crippen LogP contribution is 2.27. The molecule has 0 heterocycles. The number of alkyl halides is 2. The molecule has 0 N–H and O–H groups in total. The fourth-order valence-electron chi connectivity index (χ4n) is 0.676. The van der Waals surface area contributed by atoms with Gasteiger partial charge in [0.05, 0.1) is 10.3 Å². The molecule has 0 radical (unpaired) electrons. The Morgan fingerprint density at radius 1 is 1.43 bits per heavy atom. The van der Waals surface area contributed by atoms with Crippen LogP contribution in [0.1, 0.15) is 13.8 Å². The van der Waals surface area contributed by atoms with Gasteiger partial charge < -0.3 is 0 Å². The van der Waals surface area contributed by atoms with Crippen molar-refractivity contribution in [2.75, 3.05) is 0 Å². The summed E-state index contributed by atoms with van der Waals surface area (Å²) < 4.78 is 0. The number of hydrogen-bond acceptors (Lipinski definition) is 0. The Kier molecular flexibility index (Phi) is 7.49. The van der Waals surface area contributed by atoms with E-state index < -0.39 is 4.87 Å². The molecule has 0 bridgehead atoms. The van der Waals surface area contributed by atoms with E-state index in [0.717, 1.165) is 5.57 Å².